The van der Waals surface area contributed by atoms with Crippen LogP contribution in [-0.4, -0.2) is 18.0 Å². The summed E-state index contributed by atoms with van der Waals surface area (Å²) in [6.45, 7) is 5.88. The van der Waals surface area contributed by atoms with Gasteiger partial charge in [-0.2, -0.15) is 0 Å². The van der Waals surface area contributed by atoms with Gasteiger partial charge in [-0.05, 0) is 23.6 Å². The van der Waals surface area contributed by atoms with Crippen molar-refractivity contribution in [2.45, 2.75) is 19.9 Å². The molecule has 0 radical (unpaired) electrons. The Morgan fingerprint density at radius 2 is 1.93 bits per heavy atom. The Kier molecular flexibility index (Phi) is 2.73. The Balaban J connectivity index is 1.84. The molecule has 1 saturated heterocycles. The minimum absolute atomic E-state index is 0.851. The molecule has 0 atom stereocenters. The average molecular weight is 190 g/mol. The Labute approximate surface area is 85.7 Å². The van der Waals surface area contributed by atoms with E-state index in [1.807, 2.05) is 12.1 Å². The molecule has 1 aliphatic heterocycles. The number of nitrogens with two attached hydrogens (primary N) is 1. The van der Waals surface area contributed by atoms with Crippen LogP contribution < -0.4 is 5.73 Å². The molecule has 76 valence electrons. The van der Waals surface area contributed by atoms with E-state index >= 15 is 0 Å². The lowest BCUT2D eigenvalue weighted by molar-refractivity contribution is 0.0899. The second kappa shape index (κ2) is 4.01. The van der Waals surface area contributed by atoms with Crippen LogP contribution in [0.3, 0.4) is 0 Å². The van der Waals surface area contributed by atoms with Crippen LogP contribution in [0.2, 0.25) is 0 Å². The number of nitrogen functional groups attached to an aromatic ring is 1. The maximum absolute atomic E-state index is 5.63. The van der Waals surface area contributed by atoms with Gasteiger partial charge in [0, 0.05) is 25.3 Å². The smallest absolute Gasteiger partial charge is 0.0314 e. The quantitative estimate of drug-likeness (QED) is 0.740. The molecule has 1 aromatic carbocycles. The van der Waals surface area contributed by atoms with Crippen molar-refractivity contribution in [2.24, 2.45) is 5.92 Å². The molecule has 1 aliphatic rings. The van der Waals surface area contributed by atoms with Gasteiger partial charge in [0.05, 0.1) is 0 Å². The molecule has 0 unspecified atom stereocenters. The maximum Gasteiger partial charge on any atom is 0.0314 e. The van der Waals surface area contributed by atoms with Gasteiger partial charge < -0.3 is 5.73 Å². The largest absolute Gasteiger partial charge is 0.399 e. The van der Waals surface area contributed by atoms with Gasteiger partial charge in [0.15, 0.2) is 0 Å². The molecule has 14 heavy (non-hydrogen) atoms. The molecule has 0 saturated carbocycles. The summed E-state index contributed by atoms with van der Waals surface area (Å²) in [7, 11) is 0. The third-order valence-electron chi connectivity index (χ3n) is 3.00. The van der Waals surface area contributed by atoms with Crippen LogP contribution >= 0.6 is 0 Å². The van der Waals surface area contributed by atoms with Crippen LogP contribution in [0.25, 0.3) is 0 Å². The molecule has 1 heterocycles. The van der Waals surface area contributed by atoms with Gasteiger partial charge in [0.2, 0.25) is 0 Å². The third-order valence-corrected chi connectivity index (χ3v) is 3.00. The van der Waals surface area contributed by atoms with Gasteiger partial charge in [-0.25, -0.2) is 0 Å². The van der Waals surface area contributed by atoms with E-state index in [1.54, 1.807) is 0 Å². The summed E-state index contributed by atoms with van der Waals surface area (Å²) in [6, 6.07) is 8.20. The Hall–Kier alpha value is -1.02. The first kappa shape index (κ1) is 9.53. The second-order valence-corrected chi connectivity index (χ2v) is 4.21. The predicted molar refractivity (Wildman–Crippen MR) is 59.9 cm³/mol. The van der Waals surface area contributed by atoms with Gasteiger partial charge in [-0.1, -0.05) is 25.5 Å². The summed E-state index contributed by atoms with van der Waals surface area (Å²) < 4.78 is 0. The number of anilines is 1. The molecule has 0 bridgehead atoms. The average Bonchev–Trinajstić information content (AvgIpc) is 2.13. The zero-order chi connectivity index (χ0) is 9.97. The fourth-order valence-corrected chi connectivity index (χ4v) is 1.95. The zero-order valence-electron chi connectivity index (χ0n) is 8.74. The number of hydrogen-bond acceptors (Lipinski definition) is 2. The van der Waals surface area contributed by atoms with Gasteiger partial charge in [0.1, 0.15) is 0 Å². The minimum Gasteiger partial charge on any atom is -0.399 e. The number of rotatable bonds is 3. The summed E-state index contributed by atoms with van der Waals surface area (Å²) in [6.07, 6.45) is 1.32. The van der Waals surface area contributed by atoms with Crippen LogP contribution in [0.15, 0.2) is 24.3 Å². The lowest BCUT2D eigenvalue weighted by Crippen LogP contribution is -2.45. The van der Waals surface area contributed by atoms with Crippen molar-refractivity contribution in [3.63, 3.8) is 0 Å². The summed E-state index contributed by atoms with van der Waals surface area (Å²) in [5.74, 6) is 0.934. The summed E-state index contributed by atoms with van der Waals surface area (Å²) in [5, 5.41) is 0. The lowest BCUT2D eigenvalue weighted by atomic mass is 9.97. The third kappa shape index (κ3) is 2.07. The molecule has 2 N–H and O–H groups in total. The molecule has 0 spiro atoms. The van der Waals surface area contributed by atoms with Crippen molar-refractivity contribution < 1.29 is 0 Å². The van der Waals surface area contributed by atoms with Gasteiger partial charge >= 0.3 is 0 Å². The van der Waals surface area contributed by atoms with Crippen molar-refractivity contribution in [2.75, 3.05) is 18.8 Å². The Morgan fingerprint density at radius 3 is 2.50 bits per heavy atom. The van der Waals surface area contributed by atoms with Crippen LogP contribution in [0.1, 0.15) is 18.9 Å². The first-order valence-corrected chi connectivity index (χ1v) is 5.34. The lowest BCUT2D eigenvalue weighted by Gasteiger charge is -2.38. The van der Waals surface area contributed by atoms with E-state index in [4.69, 9.17) is 5.73 Å². The number of benzene rings is 1. The van der Waals surface area contributed by atoms with Crippen molar-refractivity contribution >= 4 is 5.69 Å². The monoisotopic (exact) mass is 190 g/mol. The highest BCUT2D eigenvalue weighted by atomic mass is 15.2. The molecular weight excluding hydrogens is 172 g/mol. The number of likely N-dealkylation sites (tertiary alicyclic amines) is 1. The Bertz CT molecular complexity index is 286. The first-order chi connectivity index (χ1) is 6.78. The SMILES string of the molecule is CCC1CN(Cc2ccc(N)cc2)C1. The van der Waals surface area contributed by atoms with E-state index in [9.17, 15) is 0 Å². The maximum atomic E-state index is 5.63. The molecular formula is C12H18N2. The van der Waals surface area contributed by atoms with Gasteiger partial charge in [0.25, 0.3) is 0 Å². The highest BCUT2D eigenvalue weighted by molar-refractivity contribution is 5.39. The molecule has 1 aromatic rings. The van der Waals surface area contributed by atoms with Gasteiger partial charge in [-0.15, -0.1) is 0 Å². The van der Waals surface area contributed by atoms with E-state index in [0.717, 1.165) is 18.2 Å². The van der Waals surface area contributed by atoms with Crippen molar-refractivity contribution in [3.05, 3.63) is 29.8 Å². The fraction of sp³-hybridized carbons (Fsp3) is 0.500. The molecule has 0 amide bonds. The van der Waals surface area contributed by atoms with Crippen LogP contribution in [0, 0.1) is 5.92 Å². The number of hydrogen-bond donors (Lipinski definition) is 1. The van der Waals surface area contributed by atoms with Crippen molar-refractivity contribution in [1.29, 1.82) is 0 Å². The molecule has 2 rings (SSSR count). The summed E-state index contributed by atoms with van der Waals surface area (Å²) in [5.41, 5.74) is 7.85. The highest BCUT2D eigenvalue weighted by Gasteiger charge is 2.24. The number of nitrogens with zero attached hydrogens (tertiary/aromatic N) is 1. The zero-order valence-corrected chi connectivity index (χ0v) is 8.74. The van der Waals surface area contributed by atoms with E-state index in [0.29, 0.717) is 0 Å². The highest BCUT2D eigenvalue weighted by Crippen LogP contribution is 2.21. The van der Waals surface area contributed by atoms with Crippen LogP contribution in [0.5, 0.6) is 0 Å². The van der Waals surface area contributed by atoms with Crippen molar-refractivity contribution in [1.82, 2.24) is 4.90 Å². The minimum atomic E-state index is 0.851. The Morgan fingerprint density at radius 1 is 1.29 bits per heavy atom. The molecule has 1 fully saturated rings. The summed E-state index contributed by atoms with van der Waals surface area (Å²) in [4.78, 5) is 2.49. The topological polar surface area (TPSA) is 29.3 Å². The van der Waals surface area contributed by atoms with E-state index in [1.165, 1.54) is 25.1 Å². The van der Waals surface area contributed by atoms with Gasteiger partial charge in [-0.3, -0.25) is 4.90 Å². The first-order valence-electron chi connectivity index (χ1n) is 5.34. The van der Waals surface area contributed by atoms with Crippen molar-refractivity contribution in [3.8, 4) is 0 Å². The van der Waals surface area contributed by atoms with Crippen LogP contribution in [-0.2, 0) is 6.54 Å². The van der Waals surface area contributed by atoms with E-state index < -0.39 is 0 Å². The molecule has 2 heteroatoms. The summed E-state index contributed by atoms with van der Waals surface area (Å²) >= 11 is 0. The molecule has 2 nitrogen and oxygen atoms in total. The molecule has 0 aliphatic carbocycles. The standard InChI is InChI=1S/C12H18N2/c1-2-10-7-14(8-10)9-11-3-5-12(13)6-4-11/h3-6,10H,2,7-9,13H2,1H3. The van der Waals surface area contributed by atoms with E-state index in [-0.39, 0.29) is 0 Å². The fourth-order valence-electron chi connectivity index (χ4n) is 1.95. The second-order valence-electron chi connectivity index (χ2n) is 4.21. The van der Waals surface area contributed by atoms with Crippen LogP contribution in [0.4, 0.5) is 5.69 Å². The normalized spacial score (nSPS) is 18.1. The molecule has 0 aromatic heterocycles. The van der Waals surface area contributed by atoms with E-state index in [2.05, 4.69) is 24.0 Å². The predicted octanol–water partition coefficient (Wildman–Crippen LogP) is 2.11.